The van der Waals surface area contributed by atoms with E-state index in [1.165, 1.54) is 6.92 Å². The Kier molecular flexibility index (Phi) is 4.55. The molecule has 3 unspecified atom stereocenters. The van der Waals surface area contributed by atoms with Crippen molar-refractivity contribution in [3.8, 4) is 6.07 Å². The molecule has 1 aromatic rings. The highest BCUT2D eigenvalue weighted by Gasteiger charge is 2.21. The van der Waals surface area contributed by atoms with Gasteiger partial charge in [0.15, 0.2) is 6.10 Å². The van der Waals surface area contributed by atoms with Gasteiger partial charge in [0.25, 0.3) is 0 Å². The SMILES string of the molecule is CC(O)C(C)OC(C#N)c1cc(F)ccc1F. The molecule has 1 N–H and O–H groups in total. The molecule has 5 heteroatoms. The van der Waals surface area contributed by atoms with Gasteiger partial charge >= 0.3 is 0 Å². The predicted octanol–water partition coefficient (Wildman–Crippen LogP) is 2.32. The second-order valence-corrected chi connectivity index (χ2v) is 3.76. The summed E-state index contributed by atoms with van der Waals surface area (Å²) in [5.41, 5.74) is -0.167. The van der Waals surface area contributed by atoms with E-state index in [1.807, 2.05) is 0 Å². The van der Waals surface area contributed by atoms with Crippen molar-refractivity contribution in [1.29, 1.82) is 5.26 Å². The van der Waals surface area contributed by atoms with Crippen LogP contribution in [0.2, 0.25) is 0 Å². The number of ether oxygens (including phenoxy) is 1. The molecule has 0 amide bonds. The summed E-state index contributed by atoms with van der Waals surface area (Å²) in [7, 11) is 0. The molecule has 1 rings (SSSR count). The Labute approximate surface area is 98.3 Å². The van der Waals surface area contributed by atoms with Crippen LogP contribution in [-0.2, 0) is 4.74 Å². The van der Waals surface area contributed by atoms with Gasteiger partial charge < -0.3 is 9.84 Å². The first-order chi connectivity index (χ1) is 7.95. The van der Waals surface area contributed by atoms with Crippen molar-refractivity contribution in [3.63, 3.8) is 0 Å². The highest BCUT2D eigenvalue weighted by Crippen LogP contribution is 2.23. The number of benzene rings is 1. The maximum atomic E-state index is 13.4. The minimum absolute atomic E-state index is 0.167. The number of nitrogens with zero attached hydrogens (tertiary/aromatic N) is 1. The van der Waals surface area contributed by atoms with E-state index in [0.29, 0.717) is 0 Å². The van der Waals surface area contributed by atoms with Gasteiger partial charge in [-0.15, -0.1) is 0 Å². The maximum Gasteiger partial charge on any atom is 0.172 e. The van der Waals surface area contributed by atoms with E-state index in [-0.39, 0.29) is 5.56 Å². The molecule has 1 aromatic carbocycles. The smallest absolute Gasteiger partial charge is 0.172 e. The van der Waals surface area contributed by atoms with E-state index >= 15 is 0 Å². The lowest BCUT2D eigenvalue weighted by atomic mass is 10.1. The summed E-state index contributed by atoms with van der Waals surface area (Å²) in [6.07, 6.45) is -2.69. The summed E-state index contributed by atoms with van der Waals surface area (Å²) >= 11 is 0. The van der Waals surface area contributed by atoms with E-state index in [0.717, 1.165) is 18.2 Å². The lowest BCUT2D eigenvalue weighted by molar-refractivity contribution is -0.0436. The lowest BCUT2D eigenvalue weighted by Crippen LogP contribution is -2.24. The van der Waals surface area contributed by atoms with E-state index in [2.05, 4.69) is 0 Å². The first kappa shape index (κ1) is 13.6. The quantitative estimate of drug-likeness (QED) is 0.880. The first-order valence-corrected chi connectivity index (χ1v) is 5.13. The van der Waals surface area contributed by atoms with Gasteiger partial charge in [-0.25, -0.2) is 8.78 Å². The van der Waals surface area contributed by atoms with Crippen molar-refractivity contribution in [2.45, 2.75) is 32.2 Å². The summed E-state index contributed by atoms with van der Waals surface area (Å²) < 4.78 is 31.5. The first-order valence-electron chi connectivity index (χ1n) is 5.13. The van der Waals surface area contributed by atoms with Crippen LogP contribution in [0.1, 0.15) is 25.5 Å². The molecule has 0 aliphatic carbocycles. The molecule has 0 aliphatic rings. The van der Waals surface area contributed by atoms with Gasteiger partial charge in [0.05, 0.1) is 18.3 Å². The summed E-state index contributed by atoms with van der Waals surface area (Å²) in [6.45, 7) is 3.03. The van der Waals surface area contributed by atoms with Gasteiger partial charge in [-0.05, 0) is 32.0 Å². The van der Waals surface area contributed by atoms with E-state index < -0.39 is 29.9 Å². The van der Waals surface area contributed by atoms with Crippen LogP contribution in [0.4, 0.5) is 8.78 Å². The highest BCUT2D eigenvalue weighted by molar-refractivity contribution is 5.25. The monoisotopic (exact) mass is 241 g/mol. The zero-order valence-corrected chi connectivity index (χ0v) is 9.52. The minimum Gasteiger partial charge on any atom is -0.391 e. The van der Waals surface area contributed by atoms with Crippen molar-refractivity contribution in [3.05, 3.63) is 35.4 Å². The van der Waals surface area contributed by atoms with Gasteiger partial charge in [-0.3, -0.25) is 0 Å². The van der Waals surface area contributed by atoms with Gasteiger partial charge in [-0.1, -0.05) is 0 Å². The van der Waals surface area contributed by atoms with Crippen LogP contribution in [0.25, 0.3) is 0 Å². The third-order valence-corrected chi connectivity index (χ3v) is 2.39. The van der Waals surface area contributed by atoms with Gasteiger partial charge in [0.2, 0.25) is 0 Å². The Hall–Kier alpha value is -1.51. The molecule has 3 nitrogen and oxygen atoms in total. The van der Waals surface area contributed by atoms with E-state index in [4.69, 9.17) is 10.00 Å². The Morgan fingerprint density at radius 2 is 2.00 bits per heavy atom. The Bertz CT molecular complexity index is 429. The fraction of sp³-hybridized carbons (Fsp3) is 0.417. The second-order valence-electron chi connectivity index (χ2n) is 3.76. The molecule has 0 saturated carbocycles. The molecule has 0 aliphatic heterocycles. The third kappa shape index (κ3) is 3.48. The summed E-state index contributed by atoms with van der Waals surface area (Å²) in [5.74, 6) is -1.36. The van der Waals surface area contributed by atoms with Crippen LogP contribution in [-0.4, -0.2) is 17.3 Å². The Morgan fingerprint density at radius 3 is 2.53 bits per heavy atom. The second kappa shape index (κ2) is 5.71. The van der Waals surface area contributed by atoms with Crippen LogP contribution in [0.3, 0.4) is 0 Å². The molecule has 3 atom stereocenters. The average Bonchev–Trinajstić information content (AvgIpc) is 2.29. The zero-order valence-electron chi connectivity index (χ0n) is 9.52. The van der Waals surface area contributed by atoms with E-state index in [1.54, 1.807) is 13.0 Å². The third-order valence-electron chi connectivity index (χ3n) is 2.39. The molecule has 0 spiro atoms. The van der Waals surface area contributed by atoms with Gasteiger partial charge in [-0.2, -0.15) is 5.26 Å². The van der Waals surface area contributed by atoms with Crippen LogP contribution in [0.5, 0.6) is 0 Å². The molecule has 0 aromatic heterocycles. The number of nitriles is 1. The molecule has 92 valence electrons. The Morgan fingerprint density at radius 1 is 1.35 bits per heavy atom. The topological polar surface area (TPSA) is 53.2 Å². The van der Waals surface area contributed by atoms with Gasteiger partial charge in [0, 0.05) is 5.56 Å². The summed E-state index contributed by atoms with van der Waals surface area (Å²) in [4.78, 5) is 0. The molecule has 0 bridgehead atoms. The molecular weight excluding hydrogens is 228 g/mol. The van der Waals surface area contributed by atoms with Crippen molar-refractivity contribution in [1.82, 2.24) is 0 Å². The zero-order chi connectivity index (χ0) is 13.0. The standard InChI is InChI=1S/C12H13F2NO2/c1-7(16)8(2)17-12(6-15)10-5-9(13)3-4-11(10)14/h3-5,7-8,12,16H,1-2H3. The van der Waals surface area contributed by atoms with Crippen molar-refractivity contribution >= 4 is 0 Å². The molecule has 17 heavy (non-hydrogen) atoms. The highest BCUT2D eigenvalue weighted by atomic mass is 19.1. The summed E-state index contributed by atoms with van der Waals surface area (Å²) in [5, 5.41) is 18.1. The molecule has 0 heterocycles. The number of aliphatic hydroxyl groups excluding tert-OH is 1. The van der Waals surface area contributed by atoms with Crippen LogP contribution in [0, 0.1) is 23.0 Å². The number of hydrogen-bond donors (Lipinski definition) is 1. The van der Waals surface area contributed by atoms with Crippen molar-refractivity contribution in [2.24, 2.45) is 0 Å². The molecular formula is C12H13F2NO2. The number of halogens is 2. The number of rotatable bonds is 4. The van der Waals surface area contributed by atoms with Crippen LogP contribution < -0.4 is 0 Å². The Balaban J connectivity index is 2.95. The molecule has 0 saturated heterocycles. The van der Waals surface area contributed by atoms with Gasteiger partial charge in [0.1, 0.15) is 11.6 Å². The summed E-state index contributed by atoms with van der Waals surface area (Å²) in [6, 6.07) is 4.55. The van der Waals surface area contributed by atoms with Crippen molar-refractivity contribution < 1.29 is 18.6 Å². The molecule has 0 radical (unpaired) electrons. The minimum atomic E-state index is -1.24. The fourth-order valence-corrected chi connectivity index (χ4v) is 1.22. The molecule has 0 fully saturated rings. The normalized spacial score (nSPS) is 16.0. The number of hydrogen-bond acceptors (Lipinski definition) is 3. The largest absolute Gasteiger partial charge is 0.391 e. The van der Waals surface area contributed by atoms with Crippen LogP contribution in [0.15, 0.2) is 18.2 Å². The predicted molar refractivity (Wildman–Crippen MR) is 56.9 cm³/mol. The number of aliphatic hydroxyl groups is 1. The van der Waals surface area contributed by atoms with Crippen LogP contribution >= 0.6 is 0 Å². The van der Waals surface area contributed by atoms with E-state index in [9.17, 15) is 13.9 Å². The van der Waals surface area contributed by atoms with Crippen molar-refractivity contribution in [2.75, 3.05) is 0 Å². The fourth-order valence-electron chi connectivity index (χ4n) is 1.22. The average molecular weight is 241 g/mol. The lowest BCUT2D eigenvalue weighted by Gasteiger charge is -2.20. The maximum absolute atomic E-state index is 13.4.